The summed E-state index contributed by atoms with van der Waals surface area (Å²) in [6.45, 7) is 1.99. The summed E-state index contributed by atoms with van der Waals surface area (Å²) >= 11 is 0. The normalized spacial score (nSPS) is 44.2. The Morgan fingerprint density at radius 1 is 1.12 bits per heavy atom. The predicted octanol–water partition coefficient (Wildman–Crippen LogP) is -0.673. The van der Waals surface area contributed by atoms with Gasteiger partial charge in [0, 0.05) is 36.8 Å². The number of hydrogen-bond acceptors (Lipinski definition) is 10. The summed E-state index contributed by atoms with van der Waals surface area (Å²) < 4.78 is 28.9. The van der Waals surface area contributed by atoms with Crippen molar-refractivity contribution in [3.8, 4) is 0 Å². The zero-order chi connectivity index (χ0) is 30.9. The molecule has 0 aliphatic heterocycles. The first-order chi connectivity index (χ1) is 19.6. The largest absolute Gasteiger partial charge is 0.511 e. The zero-order valence-corrected chi connectivity index (χ0v) is 25.2. The number of aliphatic hydroxyl groups is 5. The summed E-state index contributed by atoms with van der Waals surface area (Å²) in [5.41, 5.74) is 2.54. The van der Waals surface area contributed by atoms with E-state index in [2.05, 4.69) is 11.6 Å². The van der Waals surface area contributed by atoms with Crippen LogP contribution in [-0.2, 0) is 19.6 Å². The van der Waals surface area contributed by atoms with Crippen LogP contribution in [0.2, 0.25) is 0 Å². The van der Waals surface area contributed by atoms with E-state index in [9.17, 15) is 43.5 Å². The van der Waals surface area contributed by atoms with Gasteiger partial charge in [0.25, 0.3) is 5.91 Å². The van der Waals surface area contributed by atoms with E-state index in [0.29, 0.717) is 30.8 Å². The van der Waals surface area contributed by atoms with Crippen molar-refractivity contribution >= 4 is 21.7 Å². The molecule has 8 N–H and O–H groups in total. The lowest BCUT2D eigenvalue weighted by Gasteiger charge is -2.59. The fourth-order valence-electron chi connectivity index (χ4n) is 8.72. The first-order valence-electron chi connectivity index (χ1n) is 15.0. The maximum atomic E-state index is 13.3. The third-order valence-electron chi connectivity index (χ3n) is 11.0. The summed E-state index contributed by atoms with van der Waals surface area (Å²) in [4.78, 5) is 27.1. The highest BCUT2D eigenvalue weighted by Gasteiger charge is 2.65. The van der Waals surface area contributed by atoms with E-state index in [-0.39, 0.29) is 37.3 Å². The number of ketones is 1. The first-order valence-corrected chi connectivity index (χ1v) is 16.5. The number of sulfonamides is 1. The number of aliphatic hydroxyl groups excluding tert-OH is 4. The van der Waals surface area contributed by atoms with Gasteiger partial charge in [0.15, 0.2) is 5.60 Å². The predicted molar refractivity (Wildman–Crippen MR) is 152 cm³/mol. The SMILES string of the molecule is CC1CCC(S(=O)(=O)NCC2=CC(N(C)C)C3C[C@H]4C[C@H]5CC(O)=C(C(N)=O)C(=O)[C@@]5(O)C(O)C4C(O)C3C2O)CC1. The maximum absolute atomic E-state index is 13.3. The number of nitrogens with two attached hydrogens (primary N) is 1. The molecule has 1 amide bonds. The summed E-state index contributed by atoms with van der Waals surface area (Å²) in [5, 5.41) is 56.3. The van der Waals surface area contributed by atoms with Gasteiger partial charge in [-0.25, -0.2) is 13.1 Å². The van der Waals surface area contributed by atoms with E-state index in [1.54, 1.807) is 0 Å². The Balaban J connectivity index is 1.41. The molecule has 10 atom stereocenters. The van der Waals surface area contributed by atoms with Gasteiger partial charge in [-0.1, -0.05) is 13.0 Å². The van der Waals surface area contributed by atoms with Gasteiger partial charge in [-0.05, 0) is 75.9 Å². The van der Waals surface area contributed by atoms with Gasteiger partial charge in [0.1, 0.15) is 11.3 Å². The Morgan fingerprint density at radius 2 is 1.76 bits per heavy atom. The molecule has 0 saturated heterocycles. The molecule has 5 aliphatic rings. The van der Waals surface area contributed by atoms with Gasteiger partial charge in [-0.3, -0.25) is 9.59 Å². The molecular weight excluding hydrogens is 566 g/mol. The highest BCUT2D eigenvalue weighted by molar-refractivity contribution is 7.90. The number of carbonyl (C=O) groups excluding carboxylic acids is 2. The van der Waals surface area contributed by atoms with Crippen molar-refractivity contribution in [2.45, 2.75) is 87.1 Å². The number of amides is 1. The summed E-state index contributed by atoms with van der Waals surface area (Å²) in [6, 6.07) is -0.260. The van der Waals surface area contributed by atoms with E-state index in [1.165, 1.54) is 0 Å². The van der Waals surface area contributed by atoms with Gasteiger partial charge in [-0.15, -0.1) is 0 Å². The molecule has 0 heterocycles. The number of primary amides is 1. The molecule has 0 spiro atoms. The Morgan fingerprint density at radius 3 is 2.36 bits per heavy atom. The number of hydrogen-bond donors (Lipinski definition) is 7. The molecule has 0 aromatic heterocycles. The van der Waals surface area contributed by atoms with Gasteiger partial charge in [0.2, 0.25) is 15.8 Å². The zero-order valence-electron chi connectivity index (χ0n) is 24.4. The number of carbonyl (C=O) groups is 2. The number of Topliss-reactive ketones (excluding diaryl/α,β-unsaturated/α-hetero) is 1. The summed E-state index contributed by atoms with van der Waals surface area (Å²) in [5.74, 6) is -5.73. The monoisotopic (exact) mass is 611 g/mol. The molecule has 0 aromatic rings. The second kappa shape index (κ2) is 11.2. The van der Waals surface area contributed by atoms with Gasteiger partial charge in [0.05, 0.1) is 23.6 Å². The summed E-state index contributed by atoms with van der Waals surface area (Å²) in [6.07, 6.45) is 0.773. The third-order valence-corrected chi connectivity index (χ3v) is 12.9. The van der Waals surface area contributed by atoms with Crippen LogP contribution in [0.3, 0.4) is 0 Å². The lowest BCUT2D eigenvalue weighted by molar-refractivity contribution is -0.224. The Labute approximate surface area is 246 Å². The number of likely N-dealkylation sites (N-methyl/N-ethyl adjacent to an activating group) is 1. The van der Waals surface area contributed by atoms with E-state index in [4.69, 9.17) is 5.73 Å². The first kappa shape index (κ1) is 31.6. The molecule has 7 unspecified atom stereocenters. The number of fused-ring (bicyclic) bond motifs is 3. The van der Waals surface area contributed by atoms with Crippen molar-refractivity contribution in [3.05, 3.63) is 23.0 Å². The average Bonchev–Trinajstić information content (AvgIpc) is 2.90. The van der Waals surface area contributed by atoms with Crippen molar-refractivity contribution in [1.82, 2.24) is 9.62 Å². The van der Waals surface area contributed by atoms with E-state index in [0.717, 1.165) is 12.8 Å². The maximum Gasteiger partial charge on any atom is 0.255 e. The minimum atomic E-state index is -3.63. The van der Waals surface area contributed by atoms with Crippen LogP contribution in [0.5, 0.6) is 0 Å². The van der Waals surface area contributed by atoms with Crippen LogP contribution < -0.4 is 10.5 Å². The molecule has 13 heteroatoms. The van der Waals surface area contributed by atoms with Crippen LogP contribution in [0.1, 0.15) is 51.9 Å². The van der Waals surface area contributed by atoms with Crippen LogP contribution in [0.15, 0.2) is 23.0 Å². The van der Waals surface area contributed by atoms with E-state index in [1.807, 2.05) is 25.1 Å². The molecule has 12 nitrogen and oxygen atoms in total. The average molecular weight is 612 g/mol. The van der Waals surface area contributed by atoms with Crippen LogP contribution in [0.4, 0.5) is 0 Å². The topological polar surface area (TPSA) is 211 Å². The highest BCUT2D eigenvalue weighted by Crippen LogP contribution is 2.56. The summed E-state index contributed by atoms with van der Waals surface area (Å²) in [7, 11) is 0.0925. The molecule has 236 valence electrons. The Kier molecular flexibility index (Phi) is 8.45. The lowest BCUT2D eigenvalue weighted by atomic mass is 9.50. The molecule has 42 heavy (non-hydrogen) atoms. The van der Waals surface area contributed by atoms with Crippen molar-refractivity contribution in [1.29, 1.82) is 0 Å². The van der Waals surface area contributed by atoms with Crippen molar-refractivity contribution in [2.75, 3.05) is 20.6 Å². The Bertz CT molecular complexity index is 1270. The van der Waals surface area contributed by atoms with Crippen molar-refractivity contribution < 1.29 is 43.5 Å². The molecule has 0 aromatic carbocycles. The molecule has 5 rings (SSSR count). The molecule has 5 aliphatic carbocycles. The van der Waals surface area contributed by atoms with E-state index >= 15 is 0 Å². The van der Waals surface area contributed by atoms with Crippen molar-refractivity contribution in [3.63, 3.8) is 0 Å². The quantitative estimate of drug-likeness (QED) is 0.149. The third kappa shape index (κ3) is 5.04. The van der Waals surface area contributed by atoms with Gasteiger partial charge < -0.3 is 36.2 Å². The molecule has 0 bridgehead atoms. The van der Waals surface area contributed by atoms with Crippen molar-refractivity contribution in [2.24, 2.45) is 41.2 Å². The second-order valence-electron chi connectivity index (χ2n) is 13.6. The fourth-order valence-corrected chi connectivity index (χ4v) is 10.2. The van der Waals surface area contributed by atoms with E-state index < -0.39 is 80.0 Å². The molecule has 3 fully saturated rings. The van der Waals surface area contributed by atoms with Crippen LogP contribution >= 0.6 is 0 Å². The minimum Gasteiger partial charge on any atom is -0.511 e. The second-order valence-corrected chi connectivity index (χ2v) is 15.7. The van der Waals surface area contributed by atoms with Crippen LogP contribution in [-0.4, -0.2) is 106 Å². The van der Waals surface area contributed by atoms with Crippen LogP contribution in [0, 0.1) is 35.5 Å². The minimum absolute atomic E-state index is 0.122. The number of allylic oxidation sites excluding steroid dienone is 1. The smallest absolute Gasteiger partial charge is 0.255 e. The molecular formula is C29H45N3O9S. The standard InChI is InChI=1S/C29H45N3O9S/c1-13-4-6-17(7-5-13)42(40,41)31-12-15-10-19(32(2)3)18-9-14-8-16-11-20(33)23(28(30)38)27(37)29(16,39)26(36)21(14)25(35)22(18)24(15)34/h10,13-14,16-19,21-22,24-26,31,33-36,39H,4-9,11-12H2,1-3H3,(H2,30,38)/t13?,14-,16+,17?,18?,19?,21?,22?,24?,25?,26?,29+/m1/s1. The number of nitrogens with zero attached hydrogens (tertiary/aromatic N) is 1. The Hall–Kier alpha value is -1.87. The highest BCUT2D eigenvalue weighted by atomic mass is 32.2. The van der Waals surface area contributed by atoms with Crippen LogP contribution in [0.25, 0.3) is 0 Å². The number of rotatable bonds is 6. The molecule has 3 saturated carbocycles. The van der Waals surface area contributed by atoms with Gasteiger partial charge in [-0.2, -0.15) is 0 Å². The fraction of sp³-hybridized carbons (Fsp3) is 0.793. The lowest BCUT2D eigenvalue weighted by Crippen LogP contribution is -2.70. The van der Waals surface area contributed by atoms with Gasteiger partial charge >= 0.3 is 0 Å². The molecule has 0 radical (unpaired) electrons. The number of nitrogens with one attached hydrogen (secondary N) is 1.